The predicted molar refractivity (Wildman–Crippen MR) is 142 cm³/mol. The normalized spacial score (nSPS) is 14.2. The van der Waals surface area contributed by atoms with Gasteiger partial charge in [0.05, 0.1) is 17.1 Å². The van der Waals surface area contributed by atoms with Crippen LogP contribution in [0.3, 0.4) is 0 Å². The Morgan fingerprint density at radius 1 is 1.05 bits per heavy atom. The van der Waals surface area contributed by atoms with E-state index in [2.05, 4.69) is 10.4 Å². The smallest absolute Gasteiger partial charge is 0.282 e. The molecule has 0 atom stereocenters. The third kappa shape index (κ3) is 5.91. The molecule has 1 saturated carbocycles. The third-order valence-corrected chi connectivity index (χ3v) is 6.43. The number of nitrogens with one attached hydrogen (secondary N) is 1. The first kappa shape index (κ1) is 24.4. The van der Waals surface area contributed by atoms with Crippen LogP contribution < -0.4 is 15.6 Å². The summed E-state index contributed by atoms with van der Waals surface area (Å²) in [5.41, 5.74) is 1.66. The summed E-state index contributed by atoms with van der Waals surface area (Å²) >= 11 is 0. The van der Waals surface area contributed by atoms with Crippen LogP contribution in [0, 0.1) is 5.82 Å². The standard InChI is InChI=1S/C29H27FN4O3/c30-22-9-6-10-23(17-22)32-27(35)19-37-24-15-13-20(14-16-24)18-31-34-28(21-7-2-1-3-8-21)33-26-12-5-4-11-25(26)29(34)36/h4-6,9-18,21H,1-3,7-8,19H2,(H,32,35). The van der Waals surface area contributed by atoms with Gasteiger partial charge < -0.3 is 10.1 Å². The molecule has 0 radical (unpaired) electrons. The second kappa shape index (κ2) is 11.2. The molecule has 1 aromatic heterocycles. The number of amides is 1. The van der Waals surface area contributed by atoms with Gasteiger partial charge in [0.1, 0.15) is 17.4 Å². The molecule has 7 nitrogen and oxygen atoms in total. The first-order chi connectivity index (χ1) is 18.1. The van der Waals surface area contributed by atoms with Crippen LogP contribution in [0.2, 0.25) is 0 Å². The van der Waals surface area contributed by atoms with E-state index in [1.807, 2.05) is 18.2 Å². The van der Waals surface area contributed by atoms with Gasteiger partial charge in [-0.1, -0.05) is 37.5 Å². The summed E-state index contributed by atoms with van der Waals surface area (Å²) in [6, 6.07) is 20.1. The molecule has 0 saturated heterocycles. The number of hydrogen-bond acceptors (Lipinski definition) is 5. The van der Waals surface area contributed by atoms with Crippen molar-refractivity contribution in [3.05, 3.63) is 100 Å². The van der Waals surface area contributed by atoms with Gasteiger partial charge >= 0.3 is 0 Å². The predicted octanol–water partition coefficient (Wildman–Crippen LogP) is 5.48. The van der Waals surface area contributed by atoms with Crippen LogP contribution in [0.5, 0.6) is 5.75 Å². The molecule has 1 heterocycles. The Hall–Kier alpha value is -4.33. The number of carbonyl (C=O) groups is 1. The second-order valence-electron chi connectivity index (χ2n) is 9.10. The highest BCUT2D eigenvalue weighted by Crippen LogP contribution is 2.31. The number of benzene rings is 3. The zero-order valence-corrected chi connectivity index (χ0v) is 20.3. The Morgan fingerprint density at radius 2 is 1.84 bits per heavy atom. The maximum absolute atomic E-state index is 13.3. The van der Waals surface area contributed by atoms with E-state index in [4.69, 9.17) is 9.72 Å². The Kier molecular flexibility index (Phi) is 7.35. The number of aromatic nitrogens is 2. The molecular formula is C29H27FN4O3. The first-order valence-corrected chi connectivity index (χ1v) is 12.4. The number of anilines is 1. The molecule has 5 rings (SSSR count). The van der Waals surface area contributed by atoms with Crippen molar-refractivity contribution >= 4 is 28.7 Å². The van der Waals surface area contributed by atoms with E-state index in [9.17, 15) is 14.0 Å². The Bertz CT molecular complexity index is 1490. The quantitative estimate of drug-likeness (QED) is 0.342. The van der Waals surface area contributed by atoms with Crippen molar-refractivity contribution in [3.63, 3.8) is 0 Å². The zero-order valence-electron chi connectivity index (χ0n) is 20.3. The van der Waals surface area contributed by atoms with Gasteiger partial charge in [0.15, 0.2) is 6.61 Å². The monoisotopic (exact) mass is 498 g/mol. The highest BCUT2D eigenvalue weighted by atomic mass is 19.1. The van der Waals surface area contributed by atoms with Crippen molar-refractivity contribution in [1.29, 1.82) is 0 Å². The Balaban J connectivity index is 1.30. The molecule has 1 aliphatic rings. The van der Waals surface area contributed by atoms with Gasteiger partial charge in [-0.25, -0.2) is 9.37 Å². The summed E-state index contributed by atoms with van der Waals surface area (Å²) in [5, 5.41) is 7.67. The van der Waals surface area contributed by atoms with Crippen LogP contribution in [0.15, 0.2) is 82.7 Å². The van der Waals surface area contributed by atoms with Crippen molar-refractivity contribution in [2.75, 3.05) is 11.9 Å². The van der Waals surface area contributed by atoms with Gasteiger partial charge in [0.25, 0.3) is 11.5 Å². The average molecular weight is 499 g/mol. The van der Waals surface area contributed by atoms with Crippen LogP contribution in [0.25, 0.3) is 10.9 Å². The van der Waals surface area contributed by atoms with Crippen LogP contribution in [-0.4, -0.2) is 28.4 Å². The largest absolute Gasteiger partial charge is 0.484 e. The van der Waals surface area contributed by atoms with Crippen LogP contribution in [0.4, 0.5) is 10.1 Å². The molecule has 4 aromatic rings. The van der Waals surface area contributed by atoms with Crippen LogP contribution >= 0.6 is 0 Å². The maximum atomic E-state index is 13.3. The number of fused-ring (bicyclic) bond motifs is 1. The molecule has 0 aliphatic heterocycles. The zero-order chi connectivity index (χ0) is 25.6. The van der Waals surface area contributed by atoms with Gasteiger partial charge in [-0.15, -0.1) is 0 Å². The fourth-order valence-electron chi connectivity index (χ4n) is 4.56. The number of halogens is 1. The Labute approximate surface area is 213 Å². The van der Waals surface area contributed by atoms with Crippen molar-refractivity contribution < 1.29 is 13.9 Å². The third-order valence-electron chi connectivity index (χ3n) is 6.43. The number of rotatable bonds is 7. The molecule has 1 fully saturated rings. The van der Waals surface area contributed by atoms with Gasteiger partial charge in [0.2, 0.25) is 0 Å². The summed E-state index contributed by atoms with van der Waals surface area (Å²) < 4.78 is 20.3. The van der Waals surface area contributed by atoms with E-state index in [1.54, 1.807) is 42.6 Å². The fourth-order valence-corrected chi connectivity index (χ4v) is 4.56. The lowest BCUT2D eigenvalue weighted by Crippen LogP contribution is -2.25. The van der Waals surface area contributed by atoms with Crippen LogP contribution in [-0.2, 0) is 4.79 Å². The minimum absolute atomic E-state index is 0.174. The SMILES string of the molecule is O=C(COc1ccc(C=Nn2c(C3CCCCC3)nc3ccccc3c2=O)cc1)Nc1cccc(F)c1. The highest BCUT2D eigenvalue weighted by Gasteiger charge is 2.22. The number of hydrogen-bond donors (Lipinski definition) is 1. The highest BCUT2D eigenvalue weighted by molar-refractivity contribution is 5.91. The van der Waals surface area contributed by atoms with Crippen molar-refractivity contribution in [1.82, 2.24) is 9.66 Å². The number of para-hydroxylation sites is 1. The van der Waals surface area contributed by atoms with E-state index in [1.165, 1.54) is 29.3 Å². The minimum Gasteiger partial charge on any atom is -0.484 e. The van der Waals surface area contributed by atoms with Crippen molar-refractivity contribution in [3.8, 4) is 5.75 Å². The van der Waals surface area contributed by atoms with E-state index >= 15 is 0 Å². The summed E-state index contributed by atoms with van der Waals surface area (Å²) in [4.78, 5) is 30.2. The van der Waals surface area contributed by atoms with Gasteiger partial charge in [-0.3, -0.25) is 9.59 Å². The lowest BCUT2D eigenvalue weighted by molar-refractivity contribution is -0.118. The molecule has 8 heteroatoms. The average Bonchev–Trinajstić information content (AvgIpc) is 2.92. The molecule has 1 amide bonds. The molecule has 37 heavy (non-hydrogen) atoms. The minimum atomic E-state index is -0.427. The number of carbonyl (C=O) groups excluding carboxylic acids is 1. The molecule has 0 bridgehead atoms. The summed E-state index contributed by atoms with van der Waals surface area (Å²) in [5.74, 6) is 0.596. The van der Waals surface area contributed by atoms with E-state index in [0.29, 0.717) is 28.2 Å². The fraction of sp³-hybridized carbons (Fsp3) is 0.241. The van der Waals surface area contributed by atoms with Gasteiger partial charge in [-0.05, 0) is 73.0 Å². The lowest BCUT2D eigenvalue weighted by atomic mass is 9.88. The van der Waals surface area contributed by atoms with E-state index in [-0.39, 0.29) is 18.1 Å². The van der Waals surface area contributed by atoms with Crippen molar-refractivity contribution in [2.45, 2.75) is 38.0 Å². The molecular weight excluding hydrogens is 471 g/mol. The van der Waals surface area contributed by atoms with E-state index in [0.717, 1.165) is 31.2 Å². The van der Waals surface area contributed by atoms with Crippen LogP contribution in [0.1, 0.15) is 49.4 Å². The summed E-state index contributed by atoms with van der Waals surface area (Å²) in [6.07, 6.45) is 7.08. The second-order valence-corrected chi connectivity index (χ2v) is 9.10. The first-order valence-electron chi connectivity index (χ1n) is 12.4. The van der Waals surface area contributed by atoms with Gasteiger partial charge in [0, 0.05) is 11.6 Å². The van der Waals surface area contributed by atoms with Crippen molar-refractivity contribution in [2.24, 2.45) is 5.10 Å². The summed E-state index contributed by atoms with van der Waals surface area (Å²) in [6.45, 7) is -0.215. The molecule has 0 spiro atoms. The lowest BCUT2D eigenvalue weighted by Gasteiger charge is -2.22. The molecule has 3 aromatic carbocycles. The molecule has 1 aliphatic carbocycles. The number of ether oxygens (including phenoxy) is 1. The molecule has 1 N–H and O–H groups in total. The van der Waals surface area contributed by atoms with Gasteiger partial charge in [-0.2, -0.15) is 9.78 Å². The topological polar surface area (TPSA) is 85.6 Å². The number of nitrogens with zero attached hydrogens (tertiary/aromatic N) is 3. The molecule has 188 valence electrons. The molecule has 0 unspecified atom stereocenters. The maximum Gasteiger partial charge on any atom is 0.282 e. The Morgan fingerprint density at radius 3 is 2.62 bits per heavy atom. The summed E-state index contributed by atoms with van der Waals surface area (Å²) in [7, 11) is 0. The van der Waals surface area contributed by atoms with E-state index < -0.39 is 11.7 Å².